The molecule has 2 aromatic rings. The molecule has 1 aliphatic heterocycles. The van der Waals surface area contributed by atoms with Crippen LogP contribution in [0.15, 0.2) is 12.4 Å². The summed E-state index contributed by atoms with van der Waals surface area (Å²) in [5.74, 6) is -0.816. The molecular formula is C17H24ClN5O2. The molecule has 0 spiro atoms. The molecule has 0 aliphatic carbocycles. The quantitative estimate of drug-likeness (QED) is 0.879. The van der Waals surface area contributed by atoms with Crippen LogP contribution in [0.4, 0.5) is 0 Å². The van der Waals surface area contributed by atoms with Crippen LogP contribution in [-0.2, 0) is 30.3 Å². The summed E-state index contributed by atoms with van der Waals surface area (Å²) in [7, 11) is 1.84. The van der Waals surface area contributed by atoms with Crippen molar-refractivity contribution in [2.75, 3.05) is 13.1 Å². The molecule has 0 bridgehead atoms. The number of aromatic nitrogens is 4. The first kappa shape index (κ1) is 17.9. The Kier molecular flexibility index (Phi) is 4.88. The van der Waals surface area contributed by atoms with E-state index in [0.717, 1.165) is 23.2 Å². The molecule has 3 heterocycles. The summed E-state index contributed by atoms with van der Waals surface area (Å²) in [6.07, 6.45) is 5.39. The van der Waals surface area contributed by atoms with Gasteiger partial charge in [0.05, 0.1) is 11.9 Å². The largest absolute Gasteiger partial charge is 0.479 e. The molecule has 25 heavy (non-hydrogen) atoms. The van der Waals surface area contributed by atoms with Gasteiger partial charge < -0.3 is 5.11 Å². The Morgan fingerprint density at radius 1 is 1.40 bits per heavy atom. The van der Waals surface area contributed by atoms with Gasteiger partial charge in [0.2, 0.25) is 0 Å². The average Bonchev–Trinajstić information content (AvgIpc) is 3.14. The maximum Gasteiger partial charge on any atom is 0.331 e. The van der Waals surface area contributed by atoms with E-state index in [2.05, 4.69) is 22.0 Å². The zero-order valence-corrected chi connectivity index (χ0v) is 15.6. The van der Waals surface area contributed by atoms with Crippen molar-refractivity contribution in [1.82, 2.24) is 24.5 Å². The third-order valence-corrected chi connectivity index (χ3v) is 5.57. The van der Waals surface area contributed by atoms with E-state index in [0.29, 0.717) is 37.6 Å². The molecule has 0 saturated carbocycles. The number of aryl methyl sites for hydroxylation is 3. The zero-order chi connectivity index (χ0) is 18.2. The topological polar surface area (TPSA) is 76.2 Å². The molecule has 1 aliphatic rings. The lowest BCUT2D eigenvalue weighted by atomic mass is 9.87. The van der Waals surface area contributed by atoms with Crippen molar-refractivity contribution in [2.24, 2.45) is 7.05 Å². The fourth-order valence-corrected chi connectivity index (χ4v) is 3.74. The number of hydrogen-bond acceptors (Lipinski definition) is 4. The van der Waals surface area contributed by atoms with Gasteiger partial charge in [0, 0.05) is 38.4 Å². The summed E-state index contributed by atoms with van der Waals surface area (Å²) in [5, 5.41) is 19.2. The van der Waals surface area contributed by atoms with Crippen molar-refractivity contribution in [3.8, 4) is 0 Å². The van der Waals surface area contributed by atoms with Gasteiger partial charge in [-0.2, -0.15) is 10.2 Å². The number of halogens is 1. The highest BCUT2D eigenvalue weighted by Gasteiger charge is 2.44. The lowest BCUT2D eigenvalue weighted by Crippen LogP contribution is -2.51. The monoisotopic (exact) mass is 365 g/mol. The number of rotatable bonds is 5. The normalized spacial score (nSPS) is 17.8. The molecule has 8 heteroatoms. The minimum Gasteiger partial charge on any atom is -0.479 e. The number of aliphatic carboxylic acids is 1. The summed E-state index contributed by atoms with van der Waals surface area (Å²) >= 11 is 6.38. The summed E-state index contributed by atoms with van der Waals surface area (Å²) < 4.78 is 3.32. The molecule has 1 N–H and O–H groups in total. The second-order valence-electron chi connectivity index (χ2n) is 6.77. The maximum atomic E-state index is 12.0. The van der Waals surface area contributed by atoms with Crippen molar-refractivity contribution in [3.05, 3.63) is 34.4 Å². The highest BCUT2D eigenvalue weighted by molar-refractivity contribution is 6.30. The number of nitrogens with zero attached hydrogens (tertiary/aromatic N) is 5. The summed E-state index contributed by atoms with van der Waals surface area (Å²) in [6, 6.07) is 0. The first-order valence-electron chi connectivity index (χ1n) is 8.55. The number of piperidine rings is 1. The lowest BCUT2D eigenvalue weighted by molar-refractivity contribution is -0.151. The molecule has 2 aromatic heterocycles. The van der Waals surface area contributed by atoms with E-state index in [1.807, 2.05) is 20.2 Å². The van der Waals surface area contributed by atoms with Crippen LogP contribution in [-0.4, -0.2) is 48.6 Å². The Balaban J connectivity index is 1.76. The van der Waals surface area contributed by atoms with Crippen LogP contribution in [0.5, 0.6) is 0 Å². The van der Waals surface area contributed by atoms with E-state index < -0.39 is 11.5 Å². The van der Waals surface area contributed by atoms with Crippen LogP contribution in [0, 0.1) is 6.92 Å². The highest BCUT2D eigenvalue weighted by Crippen LogP contribution is 2.32. The Bertz CT molecular complexity index is 774. The van der Waals surface area contributed by atoms with Crippen molar-refractivity contribution in [2.45, 2.75) is 45.2 Å². The van der Waals surface area contributed by atoms with Crippen LogP contribution in [0.1, 0.15) is 36.6 Å². The molecule has 0 radical (unpaired) electrons. The van der Waals surface area contributed by atoms with Crippen molar-refractivity contribution in [1.29, 1.82) is 0 Å². The van der Waals surface area contributed by atoms with Crippen molar-refractivity contribution in [3.63, 3.8) is 0 Å². The first-order chi connectivity index (χ1) is 11.9. The summed E-state index contributed by atoms with van der Waals surface area (Å²) in [4.78, 5) is 14.2. The van der Waals surface area contributed by atoms with E-state index in [1.165, 1.54) is 0 Å². The molecule has 0 aromatic carbocycles. The number of hydrogen-bond donors (Lipinski definition) is 1. The zero-order valence-electron chi connectivity index (χ0n) is 14.9. The third kappa shape index (κ3) is 3.18. The van der Waals surface area contributed by atoms with Gasteiger partial charge in [0.25, 0.3) is 0 Å². The van der Waals surface area contributed by atoms with Gasteiger partial charge in [-0.05, 0) is 31.7 Å². The SMILES string of the molecule is CCc1nn(C)c(Cl)c1CN1CCC(C(=O)O)(n2cc(C)cn2)CC1. The predicted octanol–water partition coefficient (Wildman–Crippen LogP) is 2.22. The molecule has 3 rings (SSSR count). The van der Waals surface area contributed by atoms with Gasteiger partial charge in [-0.1, -0.05) is 18.5 Å². The molecule has 0 amide bonds. The van der Waals surface area contributed by atoms with Crippen LogP contribution in [0.25, 0.3) is 0 Å². The smallest absolute Gasteiger partial charge is 0.331 e. The summed E-state index contributed by atoms with van der Waals surface area (Å²) in [6.45, 7) is 6.04. The predicted molar refractivity (Wildman–Crippen MR) is 94.7 cm³/mol. The van der Waals surface area contributed by atoms with E-state index in [1.54, 1.807) is 15.6 Å². The van der Waals surface area contributed by atoms with Gasteiger partial charge >= 0.3 is 5.97 Å². The number of carbonyl (C=O) groups is 1. The Morgan fingerprint density at radius 3 is 2.60 bits per heavy atom. The molecule has 7 nitrogen and oxygen atoms in total. The van der Waals surface area contributed by atoms with Gasteiger partial charge in [0.1, 0.15) is 5.15 Å². The second-order valence-corrected chi connectivity index (χ2v) is 7.13. The van der Waals surface area contributed by atoms with Gasteiger partial charge in [0.15, 0.2) is 5.54 Å². The van der Waals surface area contributed by atoms with Crippen LogP contribution in [0.2, 0.25) is 5.15 Å². The van der Waals surface area contributed by atoms with Crippen molar-refractivity contribution < 1.29 is 9.90 Å². The van der Waals surface area contributed by atoms with Crippen LogP contribution in [0.3, 0.4) is 0 Å². The van der Waals surface area contributed by atoms with Gasteiger partial charge in [-0.25, -0.2) is 4.79 Å². The lowest BCUT2D eigenvalue weighted by Gasteiger charge is -2.39. The first-order valence-corrected chi connectivity index (χ1v) is 8.93. The molecule has 1 fully saturated rings. The van der Waals surface area contributed by atoms with Gasteiger partial charge in [-0.15, -0.1) is 0 Å². The van der Waals surface area contributed by atoms with E-state index >= 15 is 0 Å². The minimum absolute atomic E-state index is 0.517. The Hall–Kier alpha value is -1.86. The average molecular weight is 366 g/mol. The summed E-state index contributed by atoms with van der Waals surface area (Å²) in [5.41, 5.74) is 2.06. The van der Waals surface area contributed by atoms with Crippen LogP contribution >= 0.6 is 11.6 Å². The third-order valence-electron chi connectivity index (χ3n) is 5.10. The van der Waals surface area contributed by atoms with E-state index in [9.17, 15) is 9.90 Å². The fraction of sp³-hybridized carbons (Fsp3) is 0.588. The Morgan fingerprint density at radius 2 is 2.08 bits per heavy atom. The van der Waals surface area contributed by atoms with Gasteiger partial charge in [-0.3, -0.25) is 14.3 Å². The molecule has 0 atom stereocenters. The number of carboxylic acid groups (broad SMARTS) is 1. The molecule has 136 valence electrons. The van der Waals surface area contributed by atoms with Crippen molar-refractivity contribution >= 4 is 17.6 Å². The molecule has 0 unspecified atom stereocenters. The van der Waals surface area contributed by atoms with Crippen LogP contribution < -0.4 is 0 Å². The fourth-order valence-electron chi connectivity index (χ4n) is 3.53. The number of carboxylic acids is 1. The molecule has 1 saturated heterocycles. The number of likely N-dealkylation sites (tertiary alicyclic amines) is 1. The minimum atomic E-state index is -0.961. The molecular weight excluding hydrogens is 342 g/mol. The highest BCUT2D eigenvalue weighted by atomic mass is 35.5. The Labute approximate surface area is 152 Å². The maximum absolute atomic E-state index is 12.0. The second kappa shape index (κ2) is 6.80. The van der Waals surface area contributed by atoms with E-state index in [4.69, 9.17) is 11.6 Å². The van der Waals surface area contributed by atoms with E-state index in [-0.39, 0.29) is 0 Å². The standard InChI is InChI=1S/C17H24ClN5O2/c1-4-14-13(15(18)21(3)20-14)11-22-7-5-17(6-8-22,16(24)25)23-10-12(2)9-19-23/h9-10H,4-8,11H2,1-3H3,(H,24,25).